The van der Waals surface area contributed by atoms with E-state index in [4.69, 9.17) is 0 Å². The van der Waals surface area contributed by atoms with Gasteiger partial charge < -0.3 is 15.4 Å². The maximum absolute atomic E-state index is 12.7. The molecule has 3 rings (SSSR count). The lowest BCUT2D eigenvalue weighted by molar-refractivity contribution is -0.136. The molecular formula is C24H19BrN4O5. The number of nitrogens with zero attached hydrogens (tertiary/aromatic N) is 1. The summed E-state index contributed by atoms with van der Waals surface area (Å²) in [6.07, 6.45) is 1.31. The van der Waals surface area contributed by atoms with Crippen LogP contribution in [0.3, 0.4) is 0 Å². The zero-order valence-electron chi connectivity index (χ0n) is 17.9. The van der Waals surface area contributed by atoms with Gasteiger partial charge in [0, 0.05) is 10.2 Å². The molecular weight excluding hydrogens is 504 g/mol. The first-order valence-electron chi connectivity index (χ1n) is 9.86. The molecule has 9 nitrogen and oxygen atoms in total. The number of hydrogen-bond donors (Lipinski definition) is 3. The highest BCUT2D eigenvalue weighted by atomic mass is 79.9. The van der Waals surface area contributed by atoms with E-state index in [0.717, 1.165) is 4.47 Å². The molecule has 0 radical (unpaired) electrons. The average molecular weight is 523 g/mol. The third-order valence-corrected chi connectivity index (χ3v) is 4.97. The van der Waals surface area contributed by atoms with E-state index < -0.39 is 23.7 Å². The Morgan fingerprint density at radius 3 is 2.21 bits per heavy atom. The molecule has 0 spiro atoms. The van der Waals surface area contributed by atoms with Gasteiger partial charge in [-0.2, -0.15) is 5.10 Å². The summed E-state index contributed by atoms with van der Waals surface area (Å²) < 4.78 is 5.49. The first-order chi connectivity index (χ1) is 16.4. The molecule has 0 aliphatic heterocycles. The van der Waals surface area contributed by atoms with Crippen molar-refractivity contribution in [3.8, 4) is 0 Å². The Bertz CT molecular complexity index is 1240. The predicted octanol–water partition coefficient (Wildman–Crippen LogP) is 3.58. The zero-order chi connectivity index (χ0) is 24.5. The van der Waals surface area contributed by atoms with Crippen molar-refractivity contribution in [3.05, 3.63) is 94.0 Å². The second-order valence-corrected chi connectivity index (χ2v) is 7.69. The highest BCUT2D eigenvalue weighted by Gasteiger charge is 2.17. The SMILES string of the molecule is COC(=O)c1ccc(/C=N/NC(=O)C(=O)Nc2ccccc2C(=O)Nc2ccc(Br)cc2)cc1. The van der Waals surface area contributed by atoms with Crippen LogP contribution in [0.25, 0.3) is 0 Å². The monoisotopic (exact) mass is 522 g/mol. The number of para-hydroxylation sites is 1. The van der Waals surface area contributed by atoms with Gasteiger partial charge in [-0.1, -0.05) is 40.2 Å². The number of hydrogen-bond acceptors (Lipinski definition) is 6. The van der Waals surface area contributed by atoms with E-state index in [-0.39, 0.29) is 11.3 Å². The summed E-state index contributed by atoms with van der Waals surface area (Å²) in [5.41, 5.74) is 3.99. The summed E-state index contributed by atoms with van der Waals surface area (Å²) in [6, 6.07) is 19.6. The molecule has 3 aromatic carbocycles. The number of carbonyl (C=O) groups excluding carboxylic acids is 4. The molecule has 0 heterocycles. The van der Waals surface area contributed by atoms with Crippen LogP contribution in [0.1, 0.15) is 26.3 Å². The van der Waals surface area contributed by atoms with Gasteiger partial charge in [-0.25, -0.2) is 10.2 Å². The van der Waals surface area contributed by atoms with Gasteiger partial charge in [0.15, 0.2) is 0 Å². The van der Waals surface area contributed by atoms with Crippen LogP contribution in [0.2, 0.25) is 0 Å². The number of methoxy groups -OCH3 is 1. The molecule has 0 aliphatic carbocycles. The quantitative estimate of drug-likeness (QED) is 0.197. The number of amides is 3. The molecule has 172 valence electrons. The molecule has 0 saturated heterocycles. The fraction of sp³-hybridized carbons (Fsp3) is 0.0417. The first-order valence-corrected chi connectivity index (χ1v) is 10.7. The summed E-state index contributed by atoms with van der Waals surface area (Å²) in [7, 11) is 1.28. The van der Waals surface area contributed by atoms with Crippen LogP contribution in [0, 0.1) is 0 Å². The number of rotatable bonds is 6. The van der Waals surface area contributed by atoms with Crippen LogP contribution in [0.5, 0.6) is 0 Å². The second-order valence-electron chi connectivity index (χ2n) is 6.77. The molecule has 0 fully saturated rings. The van der Waals surface area contributed by atoms with Crippen LogP contribution in [-0.4, -0.2) is 37.0 Å². The van der Waals surface area contributed by atoms with Gasteiger partial charge in [0.05, 0.1) is 30.1 Å². The normalized spacial score (nSPS) is 10.4. The van der Waals surface area contributed by atoms with Crippen molar-refractivity contribution in [2.45, 2.75) is 0 Å². The Morgan fingerprint density at radius 2 is 1.53 bits per heavy atom. The standard InChI is InChI=1S/C24H19BrN4O5/c1-34-24(33)16-8-6-15(7-9-16)14-26-29-23(32)22(31)28-20-5-3-2-4-19(20)21(30)27-18-12-10-17(25)11-13-18/h2-14H,1H3,(H,27,30)(H,28,31)(H,29,32)/b26-14+. The number of hydrazone groups is 1. The molecule has 10 heteroatoms. The van der Waals surface area contributed by atoms with Crippen LogP contribution in [-0.2, 0) is 14.3 Å². The molecule has 34 heavy (non-hydrogen) atoms. The molecule has 0 aromatic heterocycles. The maximum atomic E-state index is 12.7. The minimum atomic E-state index is -1.02. The van der Waals surface area contributed by atoms with Crippen LogP contribution >= 0.6 is 15.9 Å². The lowest BCUT2D eigenvalue weighted by Crippen LogP contribution is -2.33. The topological polar surface area (TPSA) is 126 Å². The molecule has 3 aromatic rings. The van der Waals surface area contributed by atoms with E-state index in [1.807, 2.05) is 0 Å². The van der Waals surface area contributed by atoms with E-state index >= 15 is 0 Å². The molecule has 0 bridgehead atoms. The Morgan fingerprint density at radius 1 is 0.853 bits per heavy atom. The largest absolute Gasteiger partial charge is 0.465 e. The number of carbonyl (C=O) groups is 4. The van der Waals surface area contributed by atoms with Gasteiger partial charge in [-0.05, 0) is 54.1 Å². The fourth-order valence-electron chi connectivity index (χ4n) is 2.74. The average Bonchev–Trinajstić information content (AvgIpc) is 2.85. The molecule has 0 unspecified atom stereocenters. The van der Waals surface area contributed by atoms with Crippen LogP contribution in [0.4, 0.5) is 11.4 Å². The van der Waals surface area contributed by atoms with Crippen molar-refractivity contribution in [1.29, 1.82) is 0 Å². The highest BCUT2D eigenvalue weighted by Crippen LogP contribution is 2.19. The molecule has 0 saturated carbocycles. The van der Waals surface area contributed by atoms with Gasteiger partial charge in [0.1, 0.15) is 0 Å². The van der Waals surface area contributed by atoms with Crippen molar-refractivity contribution in [1.82, 2.24) is 5.43 Å². The lowest BCUT2D eigenvalue weighted by atomic mass is 10.1. The third kappa shape index (κ3) is 6.59. The highest BCUT2D eigenvalue weighted by molar-refractivity contribution is 9.10. The van der Waals surface area contributed by atoms with Gasteiger partial charge in [0.25, 0.3) is 5.91 Å². The molecule has 3 N–H and O–H groups in total. The first kappa shape index (κ1) is 24.3. The van der Waals surface area contributed by atoms with E-state index in [0.29, 0.717) is 16.8 Å². The molecule has 0 aliphatic rings. The number of ether oxygens (including phenoxy) is 1. The third-order valence-electron chi connectivity index (χ3n) is 4.44. The number of nitrogens with one attached hydrogen (secondary N) is 3. The van der Waals surface area contributed by atoms with Gasteiger partial charge in [-0.3, -0.25) is 14.4 Å². The van der Waals surface area contributed by atoms with Crippen molar-refractivity contribution >= 4 is 57.2 Å². The van der Waals surface area contributed by atoms with Crippen LogP contribution < -0.4 is 16.1 Å². The number of esters is 1. The van der Waals surface area contributed by atoms with E-state index in [1.165, 1.54) is 37.6 Å². The molecule has 0 atom stereocenters. The van der Waals surface area contributed by atoms with E-state index in [9.17, 15) is 19.2 Å². The number of benzene rings is 3. The summed E-state index contributed by atoms with van der Waals surface area (Å²) in [4.78, 5) is 48.5. The second kappa shape index (κ2) is 11.5. The van der Waals surface area contributed by atoms with Crippen LogP contribution in [0.15, 0.2) is 82.4 Å². The Labute approximate surface area is 203 Å². The van der Waals surface area contributed by atoms with Crippen molar-refractivity contribution < 1.29 is 23.9 Å². The minimum Gasteiger partial charge on any atom is -0.465 e. The Kier molecular flexibility index (Phi) is 8.25. The summed E-state index contributed by atoms with van der Waals surface area (Å²) in [6.45, 7) is 0. The fourth-order valence-corrected chi connectivity index (χ4v) is 3.00. The summed E-state index contributed by atoms with van der Waals surface area (Å²) >= 11 is 3.33. The van der Waals surface area contributed by atoms with Gasteiger partial charge >= 0.3 is 17.8 Å². The lowest BCUT2D eigenvalue weighted by Gasteiger charge is -2.11. The summed E-state index contributed by atoms with van der Waals surface area (Å²) in [5.74, 6) is -2.95. The number of anilines is 2. The zero-order valence-corrected chi connectivity index (χ0v) is 19.5. The Hall–Kier alpha value is -4.31. The van der Waals surface area contributed by atoms with Gasteiger partial charge in [0.2, 0.25) is 0 Å². The Balaban J connectivity index is 1.60. The van der Waals surface area contributed by atoms with Crippen molar-refractivity contribution in [2.75, 3.05) is 17.7 Å². The van der Waals surface area contributed by atoms with Crippen molar-refractivity contribution in [2.24, 2.45) is 5.10 Å². The minimum absolute atomic E-state index is 0.166. The predicted molar refractivity (Wildman–Crippen MR) is 131 cm³/mol. The molecule has 3 amide bonds. The van der Waals surface area contributed by atoms with E-state index in [2.05, 4.69) is 41.8 Å². The van der Waals surface area contributed by atoms with Gasteiger partial charge in [-0.15, -0.1) is 0 Å². The summed E-state index contributed by atoms with van der Waals surface area (Å²) in [5, 5.41) is 8.88. The van der Waals surface area contributed by atoms with E-state index in [1.54, 1.807) is 48.5 Å². The number of halogens is 1. The van der Waals surface area contributed by atoms with Crippen molar-refractivity contribution in [3.63, 3.8) is 0 Å². The smallest absolute Gasteiger partial charge is 0.337 e. The maximum Gasteiger partial charge on any atom is 0.337 e.